The van der Waals surface area contributed by atoms with E-state index >= 15 is 0 Å². The largest absolute Gasteiger partial charge is 0.313 e. The van der Waals surface area contributed by atoms with Gasteiger partial charge in [0.1, 0.15) is 0 Å². The summed E-state index contributed by atoms with van der Waals surface area (Å²) in [5.74, 6) is 0. The van der Waals surface area contributed by atoms with E-state index < -0.39 is 0 Å². The Morgan fingerprint density at radius 1 is 0.253 bits per heavy atom. The van der Waals surface area contributed by atoms with E-state index in [4.69, 9.17) is 0 Å². The first-order valence-corrected chi connectivity index (χ1v) is 30.4. The quantitative estimate of drug-likeness (QED) is 0.166. The molecule has 2 nitrogen and oxygen atoms in total. The molecule has 0 bridgehead atoms. The highest BCUT2D eigenvalue weighted by Gasteiger charge is 2.26. The summed E-state index contributed by atoms with van der Waals surface area (Å²) in [7, 11) is 0. The van der Waals surface area contributed by atoms with Crippen molar-refractivity contribution in [1.29, 1.82) is 0 Å². The van der Waals surface area contributed by atoms with Gasteiger partial charge in [0.05, 0.1) is 22.2 Å². The Morgan fingerprint density at radius 3 is 1.48 bits per heavy atom. The molecule has 17 aromatic rings. The van der Waals surface area contributed by atoms with Gasteiger partial charge in [-0.3, -0.25) is 0 Å². The SMILES string of the molecule is C1=Cc2c(n(-c3ccc4cc(-c5ccc6c7c(cccc57)-c5ccccc5-6)ccc4c3)c3ccccc23)Cc2ccccc21.c1ccc2c(c1)-c1cccc3c(-c4ccc(-n5c6ccccc6c6cc7ccccc7cc65)c5ccccc45)ccc-2c13. The van der Waals surface area contributed by atoms with Gasteiger partial charge in [0, 0.05) is 44.9 Å². The topological polar surface area (TPSA) is 9.86 Å². The lowest BCUT2D eigenvalue weighted by molar-refractivity contribution is 0.985. The fourth-order valence-corrected chi connectivity index (χ4v) is 15.5. The second-order valence-corrected chi connectivity index (χ2v) is 23.8. The van der Waals surface area contributed by atoms with Gasteiger partial charge in [-0.1, -0.05) is 255 Å². The van der Waals surface area contributed by atoms with Crippen molar-refractivity contribution in [2.75, 3.05) is 0 Å². The molecule has 2 aromatic heterocycles. The third kappa shape index (κ3) is 7.10. The zero-order valence-electron chi connectivity index (χ0n) is 47.5. The van der Waals surface area contributed by atoms with Crippen LogP contribution in [0.5, 0.6) is 0 Å². The van der Waals surface area contributed by atoms with E-state index in [0.29, 0.717) is 0 Å². The number of rotatable bonds is 4. The molecule has 3 aliphatic rings. The number of fused-ring (bicyclic) bond motifs is 16. The predicted molar refractivity (Wildman–Crippen MR) is 369 cm³/mol. The van der Waals surface area contributed by atoms with Crippen molar-refractivity contribution in [2.45, 2.75) is 6.42 Å². The summed E-state index contributed by atoms with van der Waals surface area (Å²) >= 11 is 0. The van der Waals surface area contributed by atoms with Gasteiger partial charge in [-0.25, -0.2) is 0 Å². The molecule has 0 aliphatic heterocycles. The second kappa shape index (κ2) is 18.6. The molecule has 0 radical (unpaired) electrons. The molecule has 15 aromatic carbocycles. The van der Waals surface area contributed by atoms with E-state index in [1.54, 1.807) is 0 Å². The Labute approximate surface area is 503 Å². The lowest BCUT2D eigenvalue weighted by Crippen LogP contribution is -2.02. The van der Waals surface area contributed by atoms with E-state index in [-0.39, 0.29) is 0 Å². The first kappa shape index (κ1) is 48.1. The van der Waals surface area contributed by atoms with Crippen molar-refractivity contribution >= 4 is 98.7 Å². The maximum Gasteiger partial charge on any atom is 0.0547 e. The average Bonchev–Trinajstić information content (AvgIpc) is 2.22. The number of hydrogen-bond donors (Lipinski definition) is 0. The van der Waals surface area contributed by atoms with Crippen molar-refractivity contribution in [2.24, 2.45) is 0 Å². The Morgan fingerprint density at radius 2 is 0.747 bits per heavy atom. The summed E-state index contributed by atoms with van der Waals surface area (Å²) in [5.41, 5.74) is 27.3. The van der Waals surface area contributed by atoms with Crippen LogP contribution in [0.15, 0.2) is 291 Å². The zero-order chi connectivity index (χ0) is 56.8. The highest BCUT2D eigenvalue weighted by atomic mass is 15.0. The minimum absolute atomic E-state index is 0.902. The fraction of sp³-hybridized carbons (Fsp3) is 0.0118. The Balaban J connectivity index is 0.000000127. The third-order valence-electron chi connectivity index (χ3n) is 19.3. The molecular formula is C85H52N2. The van der Waals surface area contributed by atoms with Crippen LogP contribution in [0.1, 0.15) is 22.4 Å². The van der Waals surface area contributed by atoms with Gasteiger partial charge in [0.2, 0.25) is 0 Å². The minimum atomic E-state index is 0.902. The fourth-order valence-electron chi connectivity index (χ4n) is 15.5. The highest BCUT2D eigenvalue weighted by Crippen LogP contribution is 2.52. The molecule has 87 heavy (non-hydrogen) atoms. The normalized spacial score (nSPS) is 12.5. The van der Waals surface area contributed by atoms with Gasteiger partial charge in [-0.2, -0.15) is 0 Å². The van der Waals surface area contributed by atoms with Crippen LogP contribution in [0.3, 0.4) is 0 Å². The first-order chi connectivity index (χ1) is 43.2. The highest BCUT2D eigenvalue weighted by molar-refractivity contribution is 6.22. The van der Waals surface area contributed by atoms with Crippen LogP contribution in [0.2, 0.25) is 0 Å². The number of para-hydroxylation sites is 2. The molecule has 2 heterocycles. The number of aromatic nitrogens is 2. The molecule has 0 saturated carbocycles. The molecule has 0 spiro atoms. The maximum absolute atomic E-state index is 2.48. The van der Waals surface area contributed by atoms with Crippen LogP contribution in [0, 0.1) is 0 Å². The number of nitrogens with zero attached hydrogens (tertiary/aromatic N) is 2. The Kier molecular flexibility index (Phi) is 10.3. The molecule has 2 heteroatoms. The van der Waals surface area contributed by atoms with Crippen LogP contribution in [-0.4, -0.2) is 9.13 Å². The lowest BCUT2D eigenvalue weighted by Gasteiger charge is -2.16. The van der Waals surface area contributed by atoms with Crippen LogP contribution in [-0.2, 0) is 6.42 Å². The average molecular weight is 1100 g/mol. The molecule has 0 amide bonds. The molecule has 0 unspecified atom stereocenters. The molecule has 0 N–H and O–H groups in total. The van der Waals surface area contributed by atoms with Crippen LogP contribution >= 0.6 is 0 Å². The number of hydrogen-bond acceptors (Lipinski definition) is 0. The predicted octanol–water partition coefficient (Wildman–Crippen LogP) is 22.9. The third-order valence-corrected chi connectivity index (χ3v) is 19.3. The zero-order valence-corrected chi connectivity index (χ0v) is 47.5. The summed E-state index contributed by atoms with van der Waals surface area (Å²) in [6.45, 7) is 0. The lowest BCUT2D eigenvalue weighted by atomic mass is 9.91. The van der Waals surface area contributed by atoms with Gasteiger partial charge < -0.3 is 9.13 Å². The summed E-state index contributed by atoms with van der Waals surface area (Å²) in [4.78, 5) is 0. The summed E-state index contributed by atoms with van der Waals surface area (Å²) in [6, 6.07) is 108. The molecule has 402 valence electrons. The van der Waals surface area contributed by atoms with Gasteiger partial charge in [-0.05, 0) is 175 Å². The van der Waals surface area contributed by atoms with Crippen molar-refractivity contribution < 1.29 is 0 Å². The van der Waals surface area contributed by atoms with E-state index in [0.717, 1.165) is 6.42 Å². The Hall–Kier alpha value is -11.3. The van der Waals surface area contributed by atoms with E-state index in [1.807, 2.05) is 0 Å². The van der Waals surface area contributed by atoms with Gasteiger partial charge in [-0.15, -0.1) is 0 Å². The molecular weight excluding hydrogens is 1050 g/mol. The van der Waals surface area contributed by atoms with Crippen LogP contribution in [0.4, 0.5) is 0 Å². The van der Waals surface area contributed by atoms with Crippen LogP contribution in [0.25, 0.3) is 177 Å². The van der Waals surface area contributed by atoms with Crippen molar-refractivity contribution in [3.8, 4) is 78.1 Å². The Bertz CT molecular complexity index is 5800. The minimum Gasteiger partial charge on any atom is -0.313 e. The van der Waals surface area contributed by atoms with Crippen LogP contribution < -0.4 is 0 Å². The van der Waals surface area contributed by atoms with Gasteiger partial charge >= 0.3 is 0 Å². The standard InChI is InChI=1S/C43H27N.C42H25N/c1-2-9-28-26-42-37(21-19-27(28)8-1)36-12-5-6-15-41(36)44(42)32-20-18-29-24-31(17-16-30(29)25-32)33-22-23-40-35-11-4-3-10-34(35)39-14-7-13-38(33)43(39)40;1-2-11-27-25-41-38(24-26(27)10-1)34-16-7-8-19-39(34)43(41)40-23-22-31(28-12-5-6-15-33(28)40)32-20-21-37-30-14-4-3-13-29(30)35-17-9-18-36(32)42(35)37/h1-25H,26H2;1-25H. The number of benzene rings is 15. The summed E-state index contributed by atoms with van der Waals surface area (Å²) in [6.07, 6.45) is 5.49. The van der Waals surface area contributed by atoms with E-state index in [1.165, 1.54) is 187 Å². The smallest absolute Gasteiger partial charge is 0.0547 e. The monoisotopic (exact) mass is 1100 g/mol. The first-order valence-electron chi connectivity index (χ1n) is 30.4. The summed E-state index contributed by atoms with van der Waals surface area (Å²) in [5, 5.41) is 16.8. The molecule has 3 aliphatic carbocycles. The second-order valence-electron chi connectivity index (χ2n) is 23.8. The maximum atomic E-state index is 2.48. The molecule has 0 atom stereocenters. The summed E-state index contributed by atoms with van der Waals surface area (Å²) < 4.78 is 4.94. The van der Waals surface area contributed by atoms with Crippen molar-refractivity contribution in [3.63, 3.8) is 0 Å². The molecule has 0 saturated heterocycles. The van der Waals surface area contributed by atoms with E-state index in [9.17, 15) is 0 Å². The van der Waals surface area contributed by atoms with Gasteiger partial charge in [0.15, 0.2) is 0 Å². The van der Waals surface area contributed by atoms with Crippen molar-refractivity contribution in [3.05, 3.63) is 314 Å². The van der Waals surface area contributed by atoms with E-state index in [2.05, 4.69) is 312 Å². The molecule has 0 fully saturated rings. The molecule has 20 rings (SSSR count). The van der Waals surface area contributed by atoms with Gasteiger partial charge in [0.25, 0.3) is 0 Å². The van der Waals surface area contributed by atoms with Crippen molar-refractivity contribution in [1.82, 2.24) is 9.13 Å².